The summed E-state index contributed by atoms with van der Waals surface area (Å²) in [5.41, 5.74) is 7.31. The Bertz CT molecular complexity index is 688. The standard InChI is InChI=1S/C17H21N3OS.2ClH/c1-20(9-14-19-12-4-2-3-5-13(12)22-14)17(21)15-10-6-7-11(8-10)16(15)18;;/h2-5,10-11,15-16H,6-9,18H2,1H3;2*1H. The molecule has 4 atom stereocenters. The normalized spacial score (nSPS) is 27.6. The molecule has 132 valence electrons. The van der Waals surface area contributed by atoms with Gasteiger partial charge in [0.25, 0.3) is 0 Å². The number of carbonyl (C=O) groups is 1. The van der Waals surface area contributed by atoms with Crippen molar-refractivity contribution in [1.29, 1.82) is 0 Å². The van der Waals surface area contributed by atoms with Crippen molar-refractivity contribution < 1.29 is 4.79 Å². The van der Waals surface area contributed by atoms with Gasteiger partial charge in [0, 0.05) is 13.1 Å². The van der Waals surface area contributed by atoms with Crippen LogP contribution in [-0.2, 0) is 11.3 Å². The van der Waals surface area contributed by atoms with Crippen molar-refractivity contribution in [2.24, 2.45) is 23.5 Å². The first-order chi connectivity index (χ1) is 10.6. The summed E-state index contributed by atoms with van der Waals surface area (Å²) >= 11 is 1.67. The first-order valence-electron chi connectivity index (χ1n) is 7.98. The van der Waals surface area contributed by atoms with Gasteiger partial charge in [-0.25, -0.2) is 4.98 Å². The summed E-state index contributed by atoms with van der Waals surface area (Å²) in [5, 5.41) is 0.994. The number of nitrogens with two attached hydrogens (primary N) is 1. The van der Waals surface area contributed by atoms with Crippen LogP contribution in [0.1, 0.15) is 24.3 Å². The Morgan fingerprint density at radius 2 is 2.00 bits per heavy atom. The van der Waals surface area contributed by atoms with Crippen molar-refractivity contribution in [2.75, 3.05) is 7.05 Å². The molecular formula is C17H23Cl2N3OS. The van der Waals surface area contributed by atoms with Gasteiger partial charge in [0.05, 0.1) is 22.7 Å². The third-order valence-electron chi connectivity index (χ3n) is 5.35. The van der Waals surface area contributed by atoms with Gasteiger partial charge in [-0.15, -0.1) is 36.2 Å². The lowest BCUT2D eigenvalue weighted by molar-refractivity contribution is -0.137. The number of benzene rings is 1. The Morgan fingerprint density at radius 1 is 1.29 bits per heavy atom. The number of hydrogen-bond acceptors (Lipinski definition) is 4. The molecule has 2 aliphatic rings. The molecule has 0 saturated heterocycles. The molecule has 1 aromatic heterocycles. The molecule has 1 aromatic carbocycles. The number of carbonyl (C=O) groups excluding carboxylic acids is 1. The maximum Gasteiger partial charge on any atom is 0.227 e. The Morgan fingerprint density at radius 3 is 2.67 bits per heavy atom. The molecule has 4 unspecified atom stereocenters. The topological polar surface area (TPSA) is 59.2 Å². The lowest BCUT2D eigenvalue weighted by Crippen LogP contribution is -2.45. The minimum atomic E-state index is 0. The number of aromatic nitrogens is 1. The SMILES string of the molecule is CN(Cc1nc2ccccc2s1)C(=O)C1C2CCC(C2)C1N.Cl.Cl. The number of hydrogen-bond donors (Lipinski definition) is 1. The Kier molecular flexibility index (Phi) is 6.13. The van der Waals surface area contributed by atoms with Gasteiger partial charge in [0.1, 0.15) is 5.01 Å². The Hall–Kier alpha value is -0.880. The van der Waals surface area contributed by atoms with E-state index in [9.17, 15) is 4.79 Å². The van der Waals surface area contributed by atoms with Gasteiger partial charge in [-0.05, 0) is 43.2 Å². The maximum absolute atomic E-state index is 12.8. The minimum absolute atomic E-state index is 0. The zero-order valence-corrected chi connectivity index (χ0v) is 16.0. The van der Waals surface area contributed by atoms with Crippen molar-refractivity contribution in [1.82, 2.24) is 9.88 Å². The van der Waals surface area contributed by atoms with E-state index >= 15 is 0 Å². The number of thiazole rings is 1. The molecule has 2 fully saturated rings. The van der Waals surface area contributed by atoms with Crippen LogP contribution in [0.25, 0.3) is 10.2 Å². The first-order valence-corrected chi connectivity index (χ1v) is 8.80. The number of para-hydroxylation sites is 1. The van der Waals surface area contributed by atoms with Crippen molar-refractivity contribution in [3.63, 3.8) is 0 Å². The van der Waals surface area contributed by atoms with E-state index in [4.69, 9.17) is 5.73 Å². The van der Waals surface area contributed by atoms with Crippen LogP contribution in [-0.4, -0.2) is 28.9 Å². The fraction of sp³-hybridized carbons (Fsp3) is 0.529. The maximum atomic E-state index is 12.8. The smallest absolute Gasteiger partial charge is 0.227 e. The average Bonchev–Trinajstić information content (AvgIpc) is 3.19. The van der Waals surface area contributed by atoms with Crippen LogP contribution in [0.3, 0.4) is 0 Å². The van der Waals surface area contributed by atoms with E-state index < -0.39 is 0 Å². The number of amides is 1. The second-order valence-corrected chi connectivity index (χ2v) is 7.82. The lowest BCUT2D eigenvalue weighted by atomic mass is 9.84. The second-order valence-electron chi connectivity index (χ2n) is 6.71. The fourth-order valence-corrected chi connectivity index (χ4v) is 5.25. The average molecular weight is 388 g/mol. The van der Waals surface area contributed by atoms with E-state index in [2.05, 4.69) is 11.1 Å². The van der Waals surface area contributed by atoms with Crippen LogP contribution in [0, 0.1) is 17.8 Å². The molecule has 0 spiro atoms. The van der Waals surface area contributed by atoms with Gasteiger partial charge < -0.3 is 10.6 Å². The second kappa shape index (κ2) is 7.56. The number of halogens is 2. The highest BCUT2D eigenvalue weighted by Gasteiger charge is 2.49. The fourth-order valence-electron chi connectivity index (χ4n) is 4.23. The number of rotatable bonds is 3. The van der Waals surface area contributed by atoms with Gasteiger partial charge in [-0.3, -0.25) is 4.79 Å². The number of fused-ring (bicyclic) bond motifs is 3. The molecule has 4 nitrogen and oxygen atoms in total. The van der Waals surface area contributed by atoms with Gasteiger partial charge in [0.15, 0.2) is 0 Å². The van der Waals surface area contributed by atoms with E-state index in [1.54, 1.807) is 11.3 Å². The molecular weight excluding hydrogens is 365 g/mol. The van der Waals surface area contributed by atoms with Crippen LogP contribution in [0.15, 0.2) is 24.3 Å². The zero-order chi connectivity index (χ0) is 15.3. The van der Waals surface area contributed by atoms with Gasteiger partial charge >= 0.3 is 0 Å². The first kappa shape index (κ1) is 19.4. The van der Waals surface area contributed by atoms with Crippen LogP contribution in [0.4, 0.5) is 0 Å². The van der Waals surface area contributed by atoms with Crippen LogP contribution in [0.2, 0.25) is 0 Å². The van der Waals surface area contributed by atoms with E-state index in [-0.39, 0.29) is 42.7 Å². The van der Waals surface area contributed by atoms with Crippen LogP contribution in [0.5, 0.6) is 0 Å². The Labute approximate surface area is 158 Å². The lowest BCUT2D eigenvalue weighted by Gasteiger charge is -2.30. The van der Waals surface area contributed by atoms with E-state index in [1.165, 1.54) is 17.5 Å². The monoisotopic (exact) mass is 387 g/mol. The third-order valence-corrected chi connectivity index (χ3v) is 6.37. The number of nitrogens with zero attached hydrogens (tertiary/aromatic N) is 2. The summed E-state index contributed by atoms with van der Waals surface area (Å²) in [5.74, 6) is 1.30. The molecule has 2 N–H and O–H groups in total. The predicted molar refractivity (Wildman–Crippen MR) is 103 cm³/mol. The summed E-state index contributed by atoms with van der Waals surface area (Å²) in [7, 11) is 1.88. The van der Waals surface area contributed by atoms with Crippen LogP contribution >= 0.6 is 36.2 Å². The van der Waals surface area contributed by atoms with Gasteiger partial charge in [0.2, 0.25) is 5.91 Å². The highest BCUT2D eigenvalue weighted by Crippen LogP contribution is 2.48. The molecule has 2 bridgehead atoms. The molecule has 24 heavy (non-hydrogen) atoms. The van der Waals surface area contributed by atoms with Crippen LogP contribution < -0.4 is 5.73 Å². The zero-order valence-electron chi connectivity index (χ0n) is 13.6. The largest absolute Gasteiger partial charge is 0.339 e. The molecule has 2 aromatic rings. The molecule has 0 radical (unpaired) electrons. The minimum Gasteiger partial charge on any atom is -0.339 e. The van der Waals surface area contributed by atoms with E-state index in [0.29, 0.717) is 18.4 Å². The molecule has 7 heteroatoms. The highest BCUT2D eigenvalue weighted by atomic mass is 35.5. The van der Waals surface area contributed by atoms with E-state index in [0.717, 1.165) is 16.9 Å². The summed E-state index contributed by atoms with van der Waals surface area (Å²) in [6, 6.07) is 8.17. The summed E-state index contributed by atoms with van der Waals surface area (Å²) in [6.45, 7) is 0.582. The van der Waals surface area contributed by atoms with Crippen molar-refractivity contribution in [2.45, 2.75) is 31.8 Å². The van der Waals surface area contributed by atoms with Crippen molar-refractivity contribution >= 4 is 52.3 Å². The Balaban J connectivity index is 0.00000104. The van der Waals surface area contributed by atoms with E-state index in [1.807, 2.05) is 30.1 Å². The van der Waals surface area contributed by atoms with Crippen molar-refractivity contribution in [3.8, 4) is 0 Å². The highest BCUT2D eigenvalue weighted by molar-refractivity contribution is 7.18. The molecule has 1 heterocycles. The van der Waals surface area contributed by atoms with Gasteiger partial charge in [-0.2, -0.15) is 0 Å². The summed E-state index contributed by atoms with van der Waals surface area (Å²) in [4.78, 5) is 19.2. The van der Waals surface area contributed by atoms with Crippen molar-refractivity contribution in [3.05, 3.63) is 29.3 Å². The predicted octanol–water partition coefficient (Wildman–Crippen LogP) is 3.47. The molecule has 2 saturated carbocycles. The summed E-state index contributed by atoms with van der Waals surface area (Å²) in [6.07, 6.45) is 3.52. The molecule has 2 aliphatic carbocycles. The molecule has 4 rings (SSSR count). The summed E-state index contributed by atoms with van der Waals surface area (Å²) < 4.78 is 1.18. The van der Waals surface area contributed by atoms with Gasteiger partial charge in [-0.1, -0.05) is 12.1 Å². The molecule has 0 aliphatic heterocycles. The molecule has 1 amide bonds. The third kappa shape index (κ3) is 3.27. The quantitative estimate of drug-likeness (QED) is 0.876.